The van der Waals surface area contributed by atoms with E-state index < -0.39 is 31.1 Å². The third-order valence-corrected chi connectivity index (χ3v) is 4.42. The number of anilines is 2. The highest BCUT2D eigenvalue weighted by Crippen LogP contribution is 2.32. The van der Waals surface area contributed by atoms with Crippen molar-refractivity contribution in [3.05, 3.63) is 42.2 Å². The zero-order valence-corrected chi connectivity index (χ0v) is 14.6. The Kier molecular flexibility index (Phi) is 4.88. The number of hydrogen-bond acceptors (Lipinski definition) is 10. The van der Waals surface area contributed by atoms with Gasteiger partial charge in [-0.1, -0.05) is 30.3 Å². The first-order chi connectivity index (χ1) is 13.6. The molecule has 3 heterocycles. The molecule has 2 aromatic heterocycles. The van der Waals surface area contributed by atoms with E-state index in [1.165, 1.54) is 10.9 Å². The lowest BCUT2D eigenvalue weighted by Gasteiger charge is -2.16. The SMILES string of the molecule is Nc1nc(NN=Cc2ccccc2)nc2c1ncn2[C@@H]1O[C@H](CO)C(O)C1O. The van der Waals surface area contributed by atoms with E-state index in [1.807, 2.05) is 30.3 Å². The van der Waals surface area contributed by atoms with Crippen molar-refractivity contribution >= 4 is 29.1 Å². The normalized spacial score (nSPS) is 25.0. The highest BCUT2D eigenvalue weighted by Gasteiger charge is 2.44. The van der Waals surface area contributed by atoms with Gasteiger partial charge in [0.2, 0.25) is 5.95 Å². The van der Waals surface area contributed by atoms with Crippen LogP contribution < -0.4 is 11.2 Å². The molecule has 146 valence electrons. The predicted molar refractivity (Wildman–Crippen MR) is 100 cm³/mol. The van der Waals surface area contributed by atoms with E-state index in [9.17, 15) is 15.3 Å². The minimum absolute atomic E-state index is 0.118. The number of nitrogens with zero attached hydrogens (tertiary/aromatic N) is 5. The average molecular weight is 385 g/mol. The molecule has 1 aromatic carbocycles. The van der Waals surface area contributed by atoms with Crippen LogP contribution in [-0.2, 0) is 4.74 Å². The van der Waals surface area contributed by atoms with E-state index >= 15 is 0 Å². The number of nitrogen functional groups attached to an aromatic ring is 1. The molecule has 0 saturated carbocycles. The summed E-state index contributed by atoms with van der Waals surface area (Å²) < 4.78 is 6.96. The molecule has 1 aliphatic rings. The van der Waals surface area contributed by atoms with Crippen LogP contribution in [0.15, 0.2) is 41.8 Å². The van der Waals surface area contributed by atoms with Gasteiger partial charge in [-0.3, -0.25) is 4.57 Å². The fourth-order valence-electron chi connectivity index (χ4n) is 2.99. The fraction of sp³-hybridized carbons (Fsp3) is 0.294. The number of nitrogens with two attached hydrogens (primary N) is 1. The van der Waals surface area contributed by atoms with Gasteiger partial charge in [-0.05, 0) is 5.56 Å². The van der Waals surface area contributed by atoms with E-state index in [0.717, 1.165) is 5.56 Å². The molecule has 6 N–H and O–H groups in total. The first kappa shape index (κ1) is 18.3. The Bertz CT molecular complexity index is 994. The van der Waals surface area contributed by atoms with Crippen LogP contribution in [-0.4, -0.2) is 66.0 Å². The van der Waals surface area contributed by atoms with Gasteiger partial charge in [0.05, 0.1) is 19.1 Å². The number of aliphatic hydroxyl groups is 3. The highest BCUT2D eigenvalue weighted by atomic mass is 16.6. The molecule has 11 heteroatoms. The Labute approximate surface area is 159 Å². The van der Waals surface area contributed by atoms with Crippen molar-refractivity contribution in [1.29, 1.82) is 0 Å². The van der Waals surface area contributed by atoms with Gasteiger partial charge in [-0.15, -0.1) is 0 Å². The summed E-state index contributed by atoms with van der Waals surface area (Å²) in [6.07, 6.45) is -1.41. The molecule has 4 atom stereocenters. The van der Waals surface area contributed by atoms with Crippen LogP contribution in [0.5, 0.6) is 0 Å². The smallest absolute Gasteiger partial charge is 0.247 e. The van der Waals surface area contributed by atoms with Gasteiger partial charge in [0.15, 0.2) is 17.7 Å². The second-order valence-corrected chi connectivity index (χ2v) is 6.27. The molecule has 0 aliphatic carbocycles. The van der Waals surface area contributed by atoms with Crippen LogP contribution in [0.1, 0.15) is 11.8 Å². The van der Waals surface area contributed by atoms with Gasteiger partial charge in [-0.25, -0.2) is 10.4 Å². The molecule has 0 spiro atoms. The van der Waals surface area contributed by atoms with E-state index in [1.54, 1.807) is 6.21 Å². The lowest BCUT2D eigenvalue weighted by Crippen LogP contribution is -2.33. The molecule has 28 heavy (non-hydrogen) atoms. The van der Waals surface area contributed by atoms with Crippen LogP contribution in [0.25, 0.3) is 11.2 Å². The van der Waals surface area contributed by atoms with Crippen LogP contribution in [0.4, 0.5) is 11.8 Å². The number of hydrazone groups is 1. The zero-order chi connectivity index (χ0) is 19.7. The van der Waals surface area contributed by atoms with Crippen molar-refractivity contribution in [2.75, 3.05) is 17.8 Å². The van der Waals surface area contributed by atoms with E-state index in [2.05, 4.69) is 25.5 Å². The van der Waals surface area contributed by atoms with Gasteiger partial charge >= 0.3 is 0 Å². The number of imidazole rings is 1. The standard InChI is InChI=1S/C17H19N7O4/c18-14-11-15(22-17(21-14)23-20-6-9-4-2-1-3-5-9)24(8-19-11)16-13(27)12(26)10(7-25)28-16/h1-6,8,10,12-13,16,25-27H,7H2,(H3,18,21,22,23)/t10-,12?,13?,16-/m1/s1. The summed E-state index contributed by atoms with van der Waals surface area (Å²) in [6.45, 7) is -0.431. The Balaban J connectivity index is 1.63. The van der Waals surface area contributed by atoms with Gasteiger partial charge in [0.25, 0.3) is 0 Å². The maximum Gasteiger partial charge on any atom is 0.247 e. The molecule has 1 aliphatic heterocycles. The van der Waals surface area contributed by atoms with Crippen molar-refractivity contribution in [1.82, 2.24) is 19.5 Å². The van der Waals surface area contributed by atoms with Crippen molar-refractivity contribution in [2.45, 2.75) is 24.5 Å². The fourth-order valence-corrected chi connectivity index (χ4v) is 2.99. The minimum Gasteiger partial charge on any atom is -0.394 e. The van der Waals surface area contributed by atoms with Gasteiger partial charge in [-0.2, -0.15) is 15.1 Å². The van der Waals surface area contributed by atoms with Crippen LogP contribution in [0.2, 0.25) is 0 Å². The number of nitrogens with one attached hydrogen (secondary N) is 1. The number of aromatic nitrogens is 4. The lowest BCUT2D eigenvalue weighted by atomic mass is 10.1. The third kappa shape index (κ3) is 3.27. The Morgan fingerprint density at radius 1 is 1.21 bits per heavy atom. The largest absolute Gasteiger partial charge is 0.394 e. The molecule has 11 nitrogen and oxygen atoms in total. The molecule has 3 aromatic rings. The third-order valence-electron chi connectivity index (χ3n) is 4.42. The number of rotatable bonds is 5. The second-order valence-electron chi connectivity index (χ2n) is 6.27. The Morgan fingerprint density at radius 3 is 2.71 bits per heavy atom. The number of aliphatic hydroxyl groups excluding tert-OH is 3. The highest BCUT2D eigenvalue weighted by molar-refractivity contribution is 5.83. The molecule has 1 fully saturated rings. The van der Waals surface area contributed by atoms with Crippen LogP contribution in [0.3, 0.4) is 0 Å². The summed E-state index contributed by atoms with van der Waals surface area (Å²) >= 11 is 0. The lowest BCUT2D eigenvalue weighted by molar-refractivity contribution is -0.0511. The molecular formula is C17H19N7O4. The molecule has 1 saturated heterocycles. The number of fused-ring (bicyclic) bond motifs is 1. The Hall–Kier alpha value is -3.12. The molecule has 4 rings (SSSR count). The molecule has 0 amide bonds. The number of benzene rings is 1. The second kappa shape index (κ2) is 7.48. The summed E-state index contributed by atoms with van der Waals surface area (Å²) in [6, 6.07) is 9.46. The molecule has 0 radical (unpaired) electrons. The predicted octanol–water partition coefficient (Wildman–Crippen LogP) is -0.534. The number of ether oxygens (including phenoxy) is 1. The van der Waals surface area contributed by atoms with Gasteiger partial charge in [0.1, 0.15) is 23.8 Å². The van der Waals surface area contributed by atoms with Gasteiger partial charge < -0.3 is 25.8 Å². The first-order valence-corrected chi connectivity index (χ1v) is 8.55. The van der Waals surface area contributed by atoms with Crippen molar-refractivity contribution in [3.8, 4) is 0 Å². The summed E-state index contributed by atoms with van der Waals surface area (Å²) in [5, 5.41) is 33.6. The summed E-state index contributed by atoms with van der Waals surface area (Å²) in [5.41, 5.74) is 10.2. The maximum absolute atomic E-state index is 10.2. The topological polar surface area (TPSA) is 164 Å². The van der Waals surface area contributed by atoms with Crippen molar-refractivity contribution in [3.63, 3.8) is 0 Å². The minimum atomic E-state index is -1.27. The average Bonchev–Trinajstić information content (AvgIpc) is 3.24. The summed E-state index contributed by atoms with van der Waals surface area (Å²) in [7, 11) is 0. The molecule has 0 bridgehead atoms. The number of hydrogen-bond donors (Lipinski definition) is 5. The molecule has 2 unspecified atom stereocenters. The summed E-state index contributed by atoms with van der Waals surface area (Å²) in [5.74, 6) is 0.249. The maximum atomic E-state index is 10.2. The quantitative estimate of drug-likeness (QED) is 0.287. The van der Waals surface area contributed by atoms with Crippen LogP contribution in [0, 0.1) is 0 Å². The molecular weight excluding hydrogens is 366 g/mol. The van der Waals surface area contributed by atoms with Crippen LogP contribution >= 0.6 is 0 Å². The first-order valence-electron chi connectivity index (χ1n) is 8.55. The van der Waals surface area contributed by atoms with Gasteiger partial charge in [0, 0.05) is 0 Å². The Morgan fingerprint density at radius 2 is 2.00 bits per heavy atom. The van der Waals surface area contributed by atoms with Crippen molar-refractivity contribution in [2.24, 2.45) is 5.10 Å². The van der Waals surface area contributed by atoms with Crippen molar-refractivity contribution < 1.29 is 20.1 Å². The zero-order valence-electron chi connectivity index (χ0n) is 14.6. The van der Waals surface area contributed by atoms with E-state index in [0.29, 0.717) is 11.2 Å². The summed E-state index contributed by atoms with van der Waals surface area (Å²) in [4.78, 5) is 12.6. The monoisotopic (exact) mass is 385 g/mol. The van der Waals surface area contributed by atoms with E-state index in [4.69, 9.17) is 10.5 Å². The van der Waals surface area contributed by atoms with E-state index in [-0.39, 0.29) is 11.8 Å².